The Morgan fingerprint density at radius 1 is 1.13 bits per heavy atom. The number of carbonyl (C=O) groups excluding carboxylic acids is 2. The Hall–Kier alpha value is -1.12. The van der Waals surface area contributed by atoms with Crippen LogP contribution >= 0.6 is 24.0 Å². The molecule has 0 aromatic rings. The number of fused-ring (bicyclic) bond motifs is 5. The van der Waals surface area contributed by atoms with Gasteiger partial charge in [-0.3, -0.25) is 19.5 Å². The van der Waals surface area contributed by atoms with Crippen molar-refractivity contribution in [2.75, 3.05) is 26.2 Å². The minimum absolute atomic E-state index is 0. The van der Waals surface area contributed by atoms with Crippen LogP contribution in [0.2, 0.25) is 0 Å². The van der Waals surface area contributed by atoms with Crippen molar-refractivity contribution in [3.8, 4) is 0 Å². The predicted molar refractivity (Wildman–Crippen MR) is 127 cm³/mol. The first-order valence-electron chi connectivity index (χ1n) is 11.7. The van der Waals surface area contributed by atoms with Crippen molar-refractivity contribution in [3.05, 3.63) is 12.2 Å². The van der Waals surface area contributed by atoms with E-state index in [9.17, 15) is 9.59 Å². The summed E-state index contributed by atoms with van der Waals surface area (Å²) in [6.07, 6.45) is 12.8. The average Bonchev–Trinajstić information content (AvgIpc) is 3.23. The summed E-state index contributed by atoms with van der Waals surface area (Å²) in [5.41, 5.74) is 0.474. The Bertz CT molecular complexity index is 713. The molecule has 4 unspecified atom stereocenters. The lowest BCUT2D eigenvalue weighted by molar-refractivity contribution is -0.140. The quantitative estimate of drug-likeness (QED) is 0.127. The van der Waals surface area contributed by atoms with E-state index in [1.165, 1.54) is 37.0 Å². The molecule has 4 atom stereocenters. The largest absolute Gasteiger partial charge is 0.357 e. The highest BCUT2D eigenvalue weighted by Crippen LogP contribution is 2.57. The number of carbonyl (C=O) groups is 2. The van der Waals surface area contributed by atoms with Gasteiger partial charge in [-0.2, -0.15) is 0 Å². The van der Waals surface area contributed by atoms with E-state index < -0.39 is 0 Å². The maximum absolute atomic E-state index is 12.8. The molecule has 5 rings (SSSR count). The van der Waals surface area contributed by atoms with Gasteiger partial charge in [0.05, 0.1) is 11.8 Å². The minimum atomic E-state index is -0.0783. The Morgan fingerprint density at radius 2 is 1.80 bits per heavy atom. The van der Waals surface area contributed by atoms with E-state index >= 15 is 0 Å². The monoisotopic (exact) mass is 526 g/mol. The zero-order valence-corrected chi connectivity index (χ0v) is 20.3. The molecule has 3 saturated carbocycles. The first kappa shape index (κ1) is 22.1. The fraction of sp³-hybridized carbons (Fsp3) is 0.783. The predicted octanol–water partition coefficient (Wildman–Crippen LogP) is 2.94. The SMILES string of the molecule is CCNC(=NCC1(C2CC2)CCC1)NCCCN1C(=O)C2C3C=CC(C3)C2C1=O.I. The molecule has 0 aromatic carbocycles. The molecular formula is C23H35IN4O2. The van der Waals surface area contributed by atoms with Crippen LogP contribution in [0.1, 0.15) is 51.9 Å². The fourth-order valence-corrected chi connectivity index (χ4v) is 6.23. The van der Waals surface area contributed by atoms with Crippen LogP contribution in [0, 0.1) is 35.0 Å². The molecule has 5 aliphatic rings. The fourth-order valence-electron chi connectivity index (χ4n) is 6.23. The molecule has 1 heterocycles. The highest BCUT2D eigenvalue weighted by atomic mass is 127. The van der Waals surface area contributed by atoms with Gasteiger partial charge in [0.25, 0.3) is 0 Å². The average molecular weight is 526 g/mol. The number of allylic oxidation sites excluding steroid dienone is 2. The van der Waals surface area contributed by atoms with Crippen molar-refractivity contribution in [1.29, 1.82) is 0 Å². The Labute approximate surface area is 196 Å². The van der Waals surface area contributed by atoms with Gasteiger partial charge in [-0.05, 0) is 68.6 Å². The molecule has 4 aliphatic carbocycles. The highest BCUT2D eigenvalue weighted by Gasteiger charge is 2.58. The molecule has 7 heteroatoms. The molecule has 6 nitrogen and oxygen atoms in total. The Morgan fingerprint density at radius 3 is 2.33 bits per heavy atom. The van der Waals surface area contributed by atoms with Crippen LogP contribution < -0.4 is 10.6 Å². The van der Waals surface area contributed by atoms with Crippen molar-refractivity contribution < 1.29 is 9.59 Å². The molecule has 2 amide bonds. The van der Waals surface area contributed by atoms with Gasteiger partial charge in [0.2, 0.25) is 11.8 Å². The van der Waals surface area contributed by atoms with Gasteiger partial charge in [0, 0.05) is 26.2 Å². The van der Waals surface area contributed by atoms with E-state index in [4.69, 9.17) is 4.99 Å². The van der Waals surface area contributed by atoms with E-state index in [0.29, 0.717) is 23.8 Å². The van der Waals surface area contributed by atoms with Crippen LogP contribution in [0.3, 0.4) is 0 Å². The van der Waals surface area contributed by atoms with E-state index in [0.717, 1.165) is 44.4 Å². The number of likely N-dealkylation sites (tertiary alicyclic amines) is 1. The maximum Gasteiger partial charge on any atom is 0.233 e. The van der Waals surface area contributed by atoms with E-state index in [1.54, 1.807) is 0 Å². The number of hydrogen-bond acceptors (Lipinski definition) is 3. The number of rotatable bonds is 8. The van der Waals surface area contributed by atoms with Crippen LogP contribution in [-0.4, -0.2) is 48.9 Å². The summed E-state index contributed by atoms with van der Waals surface area (Å²) in [5, 5.41) is 6.76. The van der Waals surface area contributed by atoms with E-state index in [1.807, 2.05) is 0 Å². The zero-order chi connectivity index (χ0) is 20.0. The second-order valence-electron chi connectivity index (χ2n) is 9.79. The third kappa shape index (κ3) is 3.79. The molecule has 1 aliphatic heterocycles. The number of nitrogens with zero attached hydrogens (tertiary/aromatic N) is 2. The number of hydrogen-bond donors (Lipinski definition) is 2. The first-order valence-corrected chi connectivity index (χ1v) is 11.7. The Balaban J connectivity index is 0.00000218. The summed E-state index contributed by atoms with van der Waals surface area (Å²) in [6.45, 7) is 5.09. The molecule has 0 aromatic heterocycles. The minimum Gasteiger partial charge on any atom is -0.357 e. The van der Waals surface area contributed by atoms with Gasteiger partial charge in [-0.15, -0.1) is 24.0 Å². The first-order chi connectivity index (χ1) is 14.1. The number of amides is 2. The summed E-state index contributed by atoms with van der Waals surface area (Å²) < 4.78 is 0. The highest BCUT2D eigenvalue weighted by molar-refractivity contribution is 14.0. The summed E-state index contributed by atoms with van der Waals surface area (Å²) in [5.74, 6) is 2.33. The third-order valence-corrected chi connectivity index (χ3v) is 8.10. The van der Waals surface area contributed by atoms with Gasteiger partial charge in [0.1, 0.15) is 0 Å². The summed E-state index contributed by atoms with van der Waals surface area (Å²) in [7, 11) is 0. The standard InChI is InChI=1S/C23H34N4O2.HI/c1-2-24-22(26-14-23(9-3-10-23)17-7-8-17)25-11-4-12-27-20(28)18-15-5-6-16(13-15)19(18)21(27)29;/h5-6,15-19H,2-4,7-14H2,1H3,(H2,24,25,26);1H. The second kappa shape index (κ2) is 8.79. The van der Waals surface area contributed by atoms with Gasteiger partial charge in [0.15, 0.2) is 5.96 Å². The summed E-state index contributed by atoms with van der Waals surface area (Å²) >= 11 is 0. The van der Waals surface area contributed by atoms with Crippen LogP contribution in [0.5, 0.6) is 0 Å². The smallest absolute Gasteiger partial charge is 0.233 e. The Kier molecular flexibility index (Phi) is 6.47. The van der Waals surface area contributed by atoms with Crippen LogP contribution in [0.25, 0.3) is 0 Å². The number of nitrogens with one attached hydrogen (secondary N) is 2. The lowest BCUT2D eigenvalue weighted by Gasteiger charge is -2.41. The zero-order valence-electron chi connectivity index (χ0n) is 17.9. The van der Waals surface area contributed by atoms with Crippen molar-refractivity contribution in [1.82, 2.24) is 15.5 Å². The van der Waals surface area contributed by atoms with Gasteiger partial charge in [-0.1, -0.05) is 18.6 Å². The summed E-state index contributed by atoms with van der Waals surface area (Å²) in [4.78, 5) is 31.9. The number of guanidine groups is 1. The van der Waals surface area contributed by atoms with E-state index in [-0.39, 0.29) is 47.6 Å². The molecule has 4 fully saturated rings. The van der Waals surface area contributed by atoms with E-state index in [2.05, 4.69) is 29.7 Å². The molecule has 2 N–H and O–H groups in total. The van der Waals surface area contributed by atoms with Gasteiger partial charge >= 0.3 is 0 Å². The maximum atomic E-state index is 12.8. The second-order valence-corrected chi connectivity index (χ2v) is 9.79. The van der Waals surface area contributed by atoms with Gasteiger partial charge in [-0.25, -0.2) is 0 Å². The van der Waals surface area contributed by atoms with Crippen molar-refractivity contribution in [2.45, 2.75) is 51.9 Å². The third-order valence-electron chi connectivity index (χ3n) is 8.10. The van der Waals surface area contributed by atoms with Crippen LogP contribution in [0.4, 0.5) is 0 Å². The topological polar surface area (TPSA) is 73.8 Å². The molecule has 166 valence electrons. The van der Waals surface area contributed by atoms with Crippen LogP contribution in [0.15, 0.2) is 17.1 Å². The summed E-state index contributed by atoms with van der Waals surface area (Å²) in [6, 6.07) is 0. The molecular weight excluding hydrogens is 491 g/mol. The van der Waals surface area contributed by atoms with Gasteiger partial charge < -0.3 is 10.6 Å². The normalized spacial score (nSPS) is 33.4. The van der Waals surface area contributed by atoms with Crippen molar-refractivity contribution in [2.24, 2.45) is 40.0 Å². The molecule has 0 radical (unpaired) electrons. The molecule has 0 spiro atoms. The van der Waals surface area contributed by atoms with Crippen molar-refractivity contribution in [3.63, 3.8) is 0 Å². The molecule has 1 saturated heterocycles. The molecule has 2 bridgehead atoms. The van der Waals surface area contributed by atoms with Crippen molar-refractivity contribution >= 4 is 41.8 Å². The number of halogens is 1. The molecule has 30 heavy (non-hydrogen) atoms. The van der Waals surface area contributed by atoms with Crippen LogP contribution in [-0.2, 0) is 9.59 Å². The lowest BCUT2D eigenvalue weighted by Crippen LogP contribution is -2.42. The lowest BCUT2D eigenvalue weighted by atomic mass is 9.65. The number of aliphatic imine (C=N–C) groups is 1. The number of imide groups is 1.